The Bertz CT molecular complexity index is 1860. The Hall–Kier alpha value is -4.97. The summed E-state index contributed by atoms with van der Waals surface area (Å²) in [6.45, 7) is 2.46. The summed E-state index contributed by atoms with van der Waals surface area (Å²) in [4.78, 5) is 46.4. The third-order valence-corrected chi connectivity index (χ3v) is 7.92. The third-order valence-electron chi connectivity index (χ3n) is 7.92. The number of nitrogens with zero attached hydrogens (tertiary/aromatic N) is 2. The molecule has 2 aliphatic rings. The second-order valence-corrected chi connectivity index (χ2v) is 10.1. The van der Waals surface area contributed by atoms with Crippen LogP contribution < -0.4 is 10.3 Å². The highest BCUT2D eigenvalue weighted by Gasteiger charge is 2.64. The molecule has 1 spiro atoms. The van der Waals surface area contributed by atoms with Gasteiger partial charge in [0.05, 0.1) is 23.2 Å². The van der Waals surface area contributed by atoms with Crippen LogP contribution in [0.3, 0.4) is 0 Å². The van der Waals surface area contributed by atoms with E-state index in [0.717, 1.165) is 16.7 Å². The van der Waals surface area contributed by atoms with Crippen molar-refractivity contribution in [2.45, 2.75) is 25.6 Å². The molecule has 0 fully saturated rings. The van der Waals surface area contributed by atoms with E-state index in [4.69, 9.17) is 4.42 Å². The second-order valence-electron chi connectivity index (χ2n) is 10.1. The maximum absolute atomic E-state index is 14.9. The first-order valence-corrected chi connectivity index (χ1v) is 12.9. The molecule has 2 amide bonds. The van der Waals surface area contributed by atoms with Crippen LogP contribution in [0.15, 0.2) is 112 Å². The van der Waals surface area contributed by atoms with E-state index in [-0.39, 0.29) is 29.2 Å². The molecule has 1 unspecified atom stereocenters. The summed E-state index contributed by atoms with van der Waals surface area (Å²) < 4.78 is 6.13. The molecule has 7 rings (SSSR count). The zero-order valence-electron chi connectivity index (χ0n) is 21.3. The molecular formula is C33H24N2O4. The van der Waals surface area contributed by atoms with Crippen LogP contribution in [0, 0.1) is 6.92 Å². The fourth-order valence-corrected chi connectivity index (χ4v) is 6.04. The van der Waals surface area contributed by atoms with Crippen LogP contribution in [0.2, 0.25) is 0 Å². The van der Waals surface area contributed by atoms with Gasteiger partial charge in [0, 0.05) is 12.1 Å². The van der Waals surface area contributed by atoms with E-state index in [0.29, 0.717) is 28.8 Å². The fraction of sp³-hybridized carbons (Fsp3) is 0.121. The van der Waals surface area contributed by atoms with Crippen molar-refractivity contribution < 1.29 is 14.0 Å². The van der Waals surface area contributed by atoms with Crippen LogP contribution in [0.1, 0.15) is 38.4 Å². The number of para-hydroxylation sites is 2. The molecule has 0 radical (unpaired) electrons. The number of fused-ring (bicyclic) bond motifs is 5. The summed E-state index contributed by atoms with van der Waals surface area (Å²) in [7, 11) is 0. The summed E-state index contributed by atoms with van der Waals surface area (Å²) in [5.74, 6) is -0.884. The van der Waals surface area contributed by atoms with Gasteiger partial charge in [-0.3, -0.25) is 14.4 Å². The zero-order valence-corrected chi connectivity index (χ0v) is 21.3. The first-order valence-electron chi connectivity index (χ1n) is 12.9. The van der Waals surface area contributed by atoms with Gasteiger partial charge in [-0.25, -0.2) is 0 Å². The van der Waals surface area contributed by atoms with Gasteiger partial charge in [0.15, 0.2) is 11.0 Å². The summed E-state index contributed by atoms with van der Waals surface area (Å²) in [6.07, 6.45) is 0. The van der Waals surface area contributed by atoms with Gasteiger partial charge in [-0.2, -0.15) is 0 Å². The third kappa shape index (κ3) is 3.18. The second kappa shape index (κ2) is 8.53. The smallest absolute Gasteiger partial charge is 0.291 e. The highest BCUT2D eigenvalue weighted by molar-refractivity contribution is 6.17. The number of rotatable bonds is 4. The minimum absolute atomic E-state index is 0.0736. The lowest BCUT2D eigenvalue weighted by atomic mass is 9.83. The molecule has 4 aromatic carbocycles. The van der Waals surface area contributed by atoms with E-state index in [9.17, 15) is 14.4 Å². The zero-order chi connectivity index (χ0) is 26.7. The minimum atomic E-state index is -1.65. The number of amides is 2. The molecule has 1 aromatic heterocycles. The van der Waals surface area contributed by atoms with E-state index in [1.165, 1.54) is 4.90 Å². The number of aryl methyl sites for hydroxylation is 1. The fourth-order valence-electron chi connectivity index (χ4n) is 6.04. The standard InChI is InChI=1S/C33H24N2O4/c1-21-11-5-6-14-23(21)20-34-26-17-9-8-16-25(26)33(32(34)38)28-29(36)24-15-7-10-18-27(24)39-30(28)31(37)35(33)19-22-12-3-2-4-13-22/h2-18H,19-20H2,1H3. The van der Waals surface area contributed by atoms with Crippen molar-refractivity contribution in [1.82, 2.24) is 4.90 Å². The molecule has 0 N–H and O–H groups in total. The van der Waals surface area contributed by atoms with Gasteiger partial charge in [-0.15, -0.1) is 0 Å². The van der Waals surface area contributed by atoms with Crippen LogP contribution >= 0.6 is 0 Å². The molecule has 190 valence electrons. The predicted octanol–water partition coefficient (Wildman–Crippen LogP) is 5.55. The van der Waals surface area contributed by atoms with Crippen LogP contribution in [0.25, 0.3) is 11.0 Å². The Labute approximate surface area is 224 Å². The van der Waals surface area contributed by atoms with Crippen molar-refractivity contribution in [1.29, 1.82) is 0 Å². The van der Waals surface area contributed by atoms with Crippen LogP contribution in [-0.2, 0) is 23.4 Å². The van der Waals surface area contributed by atoms with E-state index in [2.05, 4.69) is 0 Å². The Morgan fingerprint density at radius 2 is 1.44 bits per heavy atom. The first kappa shape index (κ1) is 23.2. The van der Waals surface area contributed by atoms with Gasteiger partial charge in [-0.05, 0) is 41.8 Å². The molecular weight excluding hydrogens is 488 g/mol. The summed E-state index contributed by atoms with van der Waals surface area (Å²) >= 11 is 0. The van der Waals surface area contributed by atoms with Crippen molar-refractivity contribution in [2.75, 3.05) is 4.90 Å². The number of carbonyl (C=O) groups excluding carboxylic acids is 2. The van der Waals surface area contributed by atoms with E-state index < -0.39 is 11.4 Å². The molecule has 2 aliphatic heterocycles. The van der Waals surface area contributed by atoms with Gasteiger partial charge in [0.25, 0.3) is 11.8 Å². The lowest BCUT2D eigenvalue weighted by molar-refractivity contribution is -0.126. The lowest BCUT2D eigenvalue weighted by Gasteiger charge is -2.34. The van der Waals surface area contributed by atoms with E-state index >= 15 is 0 Å². The van der Waals surface area contributed by atoms with Crippen molar-refractivity contribution >= 4 is 28.5 Å². The van der Waals surface area contributed by atoms with E-state index in [1.807, 2.05) is 85.8 Å². The molecule has 6 heteroatoms. The topological polar surface area (TPSA) is 70.8 Å². The molecule has 0 saturated carbocycles. The van der Waals surface area contributed by atoms with Crippen LogP contribution in [0.5, 0.6) is 0 Å². The molecule has 1 atom stereocenters. The minimum Gasteiger partial charge on any atom is -0.450 e. The van der Waals surface area contributed by atoms with E-state index in [1.54, 1.807) is 29.2 Å². The Kier molecular flexibility index (Phi) is 5.07. The maximum atomic E-state index is 14.9. The van der Waals surface area contributed by atoms with Crippen molar-refractivity contribution in [2.24, 2.45) is 0 Å². The highest BCUT2D eigenvalue weighted by Crippen LogP contribution is 2.53. The Morgan fingerprint density at radius 1 is 0.744 bits per heavy atom. The van der Waals surface area contributed by atoms with Gasteiger partial charge in [-0.1, -0.05) is 84.9 Å². The van der Waals surface area contributed by atoms with Gasteiger partial charge < -0.3 is 14.2 Å². The average molecular weight is 513 g/mol. The number of hydrogen-bond acceptors (Lipinski definition) is 4. The maximum Gasteiger partial charge on any atom is 0.291 e. The molecule has 0 saturated heterocycles. The first-order chi connectivity index (χ1) is 19.0. The summed E-state index contributed by atoms with van der Waals surface area (Å²) in [5, 5.41) is 0.340. The quantitative estimate of drug-likeness (QED) is 0.317. The van der Waals surface area contributed by atoms with Gasteiger partial charge >= 0.3 is 0 Å². The molecule has 6 nitrogen and oxygen atoms in total. The Morgan fingerprint density at radius 3 is 2.26 bits per heavy atom. The average Bonchev–Trinajstić information content (AvgIpc) is 3.35. The Balaban J connectivity index is 1.52. The highest BCUT2D eigenvalue weighted by atomic mass is 16.3. The predicted molar refractivity (Wildman–Crippen MR) is 148 cm³/mol. The number of carbonyl (C=O) groups is 2. The van der Waals surface area contributed by atoms with Crippen molar-refractivity contribution in [3.8, 4) is 0 Å². The largest absolute Gasteiger partial charge is 0.450 e. The normalized spacial score (nSPS) is 17.8. The van der Waals surface area contributed by atoms with Crippen molar-refractivity contribution in [3.63, 3.8) is 0 Å². The summed E-state index contributed by atoms with van der Waals surface area (Å²) in [5.41, 5.74) is 2.57. The lowest BCUT2D eigenvalue weighted by Crippen LogP contribution is -2.52. The summed E-state index contributed by atoms with van der Waals surface area (Å²) in [6, 6.07) is 31.7. The molecule has 39 heavy (non-hydrogen) atoms. The van der Waals surface area contributed by atoms with Crippen LogP contribution in [-0.4, -0.2) is 16.7 Å². The van der Waals surface area contributed by atoms with Gasteiger partial charge in [0.1, 0.15) is 5.58 Å². The molecule has 0 bridgehead atoms. The van der Waals surface area contributed by atoms with Gasteiger partial charge in [0.2, 0.25) is 5.76 Å². The molecule has 3 heterocycles. The number of hydrogen-bond donors (Lipinski definition) is 0. The molecule has 0 aliphatic carbocycles. The number of anilines is 1. The van der Waals surface area contributed by atoms with Crippen molar-refractivity contribution in [3.05, 3.63) is 147 Å². The number of benzene rings is 4. The SMILES string of the molecule is Cc1ccccc1CN1C(=O)C2(c3ccccc31)c1c(oc3ccccc3c1=O)C(=O)N2Cc1ccccc1. The molecule has 5 aromatic rings. The monoisotopic (exact) mass is 512 g/mol. The van der Waals surface area contributed by atoms with Crippen LogP contribution in [0.4, 0.5) is 5.69 Å².